The van der Waals surface area contributed by atoms with Gasteiger partial charge in [-0.1, -0.05) is 5.16 Å². The highest BCUT2D eigenvalue weighted by Gasteiger charge is 2.25. The minimum Gasteiger partial charge on any atom is -0.348 e. The van der Waals surface area contributed by atoms with Gasteiger partial charge in [0.1, 0.15) is 0 Å². The van der Waals surface area contributed by atoms with Gasteiger partial charge in [-0.3, -0.25) is 0 Å². The van der Waals surface area contributed by atoms with E-state index in [4.69, 9.17) is 10.3 Å². The zero-order valence-corrected chi connectivity index (χ0v) is 9.47. The molecular weight excluding hydrogens is 218 g/mol. The van der Waals surface area contributed by atoms with Crippen molar-refractivity contribution in [3.05, 3.63) is 29.9 Å². The molecule has 2 heterocycles. The highest BCUT2D eigenvalue weighted by Crippen LogP contribution is 2.31. The van der Waals surface area contributed by atoms with Crippen LogP contribution in [0, 0.1) is 5.92 Å². The molecule has 0 aliphatic heterocycles. The molecule has 0 radical (unpaired) electrons. The molecule has 2 aromatic rings. The topological polar surface area (TPSA) is 93.6 Å². The molecule has 1 fully saturated rings. The summed E-state index contributed by atoms with van der Waals surface area (Å²) in [6.45, 7) is 0. The lowest BCUT2D eigenvalue weighted by molar-refractivity contribution is 0.349. The lowest BCUT2D eigenvalue weighted by Gasteiger charge is -2.03. The molecule has 6 nitrogen and oxygen atoms in total. The van der Waals surface area contributed by atoms with Crippen molar-refractivity contribution in [3.8, 4) is 0 Å². The molecule has 1 aliphatic carbocycles. The van der Waals surface area contributed by atoms with Crippen molar-refractivity contribution < 1.29 is 4.52 Å². The van der Waals surface area contributed by atoms with E-state index in [1.807, 2.05) is 0 Å². The normalized spacial score (nSPS) is 17.2. The number of aromatic amines is 1. The van der Waals surface area contributed by atoms with E-state index >= 15 is 0 Å². The standard InChI is InChI=1S/C11H15N5O/c12-9(4-8-5-13-6-14-8)11-15-10(16-17-11)3-7-1-2-7/h5-7,9H,1-4,12H2,(H,13,14)/t9-/m0/s1. The molecular formula is C11H15N5O. The number of hydrogen-bond acceptors (Lipinski definition) is 5. The van der Waals surface area contributed by atoms with Crippen LogP contribution < -0.4 is 5.73 Å². The quantitative estimate of drug-likeness (QED) is 0.803. The number of nitrogens with zero attached hydrogens (tertiary/aromatic N) is 3. The van der Waals surface area contributed by atoms with E-state index in [1.165, 1.54) is 12.8 Å². The smallest absolute Gasteiger partial charge is 0.243 e. The first kappa shape index (κ1) is 10.5. The molecule has 3 N–H and O–H groups in total. The van der Waals surface area contributed by atoms with Gasteiger partial charge in [0.2, 0.25) is 5.89 Å². The number of imidazole rings is 1. The van der Waals surface area contributed by atoms with Crippen LogP contribution in [0.2, 0.25) is 0 Å². The summed E-state index contributed by atoms with van der Waals surface area (Å²) in [5, 5.41) is 3.95. The van der Waals surface area contributed by atoms with Gasteiger partial charge in [-0.05, 0) is 18.8 Å². The second-order valence-electron chi connectivity index (χ2n) is 4.58. The number of H-pyrrole nitrogens is 1. The minimum absolute atomic E-state index is 0.268. The van der Waals surface area contributed by atoms with Gasteiger partial charge >= 0.3 is 0 Å². The summed E-state index contributed by atoms with van der Waals surface area (Å²) in [7, 11) is 0. The fourth-order valence-corrected chi connectivity index (χ4v) is 1.80. The van der Waals surface area contributed by atoms with Crippen molar-refractivity contribution in [3.63, 3.8) is 0 Å². The van der Waals surface area contributed by atoms with Gasteiger partial charge < -0.3 is 15.2 Å². The molecule has 0 bridgehead atoms. The summed E-state index contributed by atoms with van der Waals surface area (Å²) in [6, 6.07) is -0.268. The maximum Gasteiger partial charge on any atom is 0.243 e. The van der Waals surface area contributed by atoms with Gasteiger partial charge in [0.15, 0.2) is 5.82 Å². The fourth-order valence-electron chi connectivity index (χ4n) is 1.80. The average Bonchev–Trinajstić information content (AvgIpc) is 2.81. The molecule has 3 rings (SSSR count). The Bertz CT molecular complexity index is 474. The molecule has 0 saturated heterocycles. The lowest BCUT2D eigenvalue weighted by atomic mass is 10.2. The molecule has 0 amide bonds. The second kappa shape index (κ2) is 4.29. The van der Waals surface area contributed by atoms with E-state index in [0.717, 1.165) is 23.9 Å². The minimum atomic E-state index is -0.268. The maximum absolute atomic E-state index is 6.00. The zero-order chi connectivity index (χ0) is 11.7. The summed E-state index contributed by atoms with van der Waals surface area (Å²) < 4.78 is 5.18. The van der Waals surface area contributed by atoms with Crippen molar-refractivity contribution in [1.29, 1.82) is 0 Å². The van der Waals surface area contributed by atoms with Crippen molar-refractivity contribution in [1.82, 2.24) is 20.1 Å². The van der Waals surface area contributed by atoms with Crippen LogP contribution in [-0.2, 0) is 12.8 Å². The molecule has 0 unspecified atom stereocenters. The summed E-state index contributed by atoms with van der Waals surface area (Å²) in [6.07, 6.45) is 7.50. The van der Waals surface area contributed by atoms with E-state index in [9.17, 15) is 0 Å². The summed E-state index contributed by atoms with van der Waals surface area (Å²) >= 11 is 0. The van der Waals surface area contributed by atoms with E-state index in [0.29, 0.717) is 12.3 Å². The number of nitrogens with two attached hydrogens (primary N) is 1. The van der Waals surface area contributed by atoms with Crippen LogP contribution in [0.15, 0.2) is 17.0 Å². The Morgan fingerprint density at radius 2 is 2.41 bits per heavy atom. The van der Waals surface area contributed by atoms with Gasteiger partial charge in [-0.25, -0.2) is 4.98 Å². The first-order valence-corrected chi connectivity index (χ1v) is 5.86. The summed E-state index contributed by atoms with van der Waals surface area (Å²) in [5.41, 5.74) is 6.97. The van der Waals surface area contributed by atoms with Crippen LogP contribution in [0.25, 0.3) is 0 Å². The Balaban J connectivity index is 1.63. The van der Waals surface area contributed by atoms with Gasteiger partial charge in [-0.15, -0.1) is 0 Å². The van der Waals surface area contributed by atoms with Crippen LogP contribution in [0.5, 0.6) is 0 Å². The molecule has 1 aliphatic rings. The Hall–Kier alpha value is -1.69. The number of rotatable bonds is 5. The average molecular weight is 233 g/mol. The van der Waals surface area contributed by atoms with E-state index < -0.39 is 0 Å². The fraction of sp³-hybridized carbons (Fsp3) is 0.545. The molecule has 2 aromatic heterocycles. The third kappa shape index (κ3) is 2.52. The van der Waals surface area contributed by atoms with Crippen LogP contribution in [0.3, 0.4) is 0 Å². The third-order valence-electron chi connectivity index (χ3n) is 2.96. The lowest BCUT2D eigenvalue weighted by Crippen LogP contribution is -2.14. The van der Waals surface area contributed by atoms with Crippen molar-refractivity contribution in [2.45, 2.75) is 31.7 Å². The maximum atomic E-state index is 6.00. The van der Waals surface area contributed by atoms with Crippen molar-refractivity contribution in [2.75, 3.05) is 0 Å². The Labute approximate surface area is 98.6 Å². The van der Waals surface area contributed by atoms with E-state index in [1.54, 1.807) is 12.5 Å². The zero-order valence-electron chi connectivity index (χ0n) is 9.47. The molecule has 0 spiro atoms. The Morgan fingerprint density at radius 1 is 1.53 bits per heavy atom. The monoisotopic (exact) mass is 233 g/mol. The van der Waals surface area contributed by atoms with E-state index in [-0.39, 0.29) is 6.04 Å². The molecule has 6 heteroatoms. The predicted octanol–water partition coefficient (Wildman–Crippen LogP) is 0.988. The highest BCUT2D eigenvalue weighted by molar-refractivity contribution is 5.02. The van der Waals surface area contributed by atoms with Crippen LogP contribution in [-0.4, -0.2) is 20.1 Å². The van der Waals surface area contributed by atoms with Gasteiger partial charge in [-0.2, -0.15) is 4.98 Å². The SMILES string of the molecule is N[C@@H](Cc1cnc[nH]1)c1nc(CC2CC2)no1. The van der Waals surface area contributed by atoms with Crippen LogP contribution in [0.4, 0.5) is 0 Å². The summed E-state index contributed by atoms with van der Waals surface area (Å²) in [5.74, 6) is 2.04. The molecule has 1 saturated carbocycles. The van der Waals surface area contributed by atoms with Crippen LogP contribution >= 0.6 is 0 Å². The van der Waals surface area contributed by atoms with Gasteiger partial charge in [0.25, 0.3) is 0 Å². The highest BCUT2D eigenvalue weighted by atomic mass is 16.5. The number of aromatic nitrogens is 4. The van der Waals surface area contributed by atoms with E-state index in [2.05, 4.69) is 20.1 Å². The first-order chi connectivity index (χ1) is 8.31. The number of nitrogens with one attached hydrogen (secondary N) is 1. The number of hydrogen-bond donors (Lipinski definition) is 2. The van der Waals surface area contributed by atoms with Gasteiger partial charge in [0.05, 0.1) is 12.4 Å². The predicted molar refractivity (Wildman–Crippen MR) is 59.9 cm³/mol. The van der Waals surface area contributed by atoms with Crippen molar-refractivity contribution in [2.24, 2.45) is 11.7 Å². The van der Waals surface area contributed by atoms with Crippen LogP contribution in [0.1, 0.15) is 36.3 Å². The Kier molecular flexibility index (Phi) is 2.64. The summed E-state index contributed by atoms with van der Waals surface area (Å²) in [4.78, 5) is 11.3. The molecule has 90 valence electrons. The third-order valence-corrected chi connectivity index (χ3v) is 2.96. The Morgan fingerprint density at radius 3 is 3.12 bits per heavy atom. The van der Waals surface area contributed by atoms with Gasteiger partial charge in [0, 0.05) is 24.7 Å². The molecule has 0 aromatic carbocycles. The molecule has 17 heavy (non-hydrogen) atoms. The first-order valence-electron chi connectivity index (χ1n) is 5.86. The second-order valence-corrected chi connectivity index (χ2v) is 4.58. The van der Waals surface area contributed by atoms with Crippen molar-refractivity contribution >= 4 is 0 Å². The largest absolute Gasteiger partial charge is 0.348 e. The molecule has 1 atom stereocenters.